The van der Waals surface area contributed by atoms with Crippen LogP contribution in [0.2, 0.25) is 0 Å². The van der Waals surface area contributed by atoms with Crippen molar-refractivity contribution in [1.82, 2.24) is 20.6 Å². The van der Waals surface area contributed by atoms with Gasteiger partial charge < -0.3 is 20.0 Å². The van der Waals surface area contributed by atoms with E-state index in [-0.39, 0.29) is 0 Å². The maximum Gasteiger partial charge on any atom is 0.214 e. The van der Waals surface area contributed by atoms with Gasteiger partial charge in [0.2, 0.25) is 5.89 Å². The molecule has 25 heavy (non-hydrogen) atoms. The Morgan fingerprint density at radius 2 is 2.00 bits per heavy atom. The number of aryl methyl sites for hydroxylation is 3. The van der Waals surface area contributed by atoms with E-state index in [2.05, 4.69) is 56.8 Å². The quantitative estimate of drug-likeness (QED) is 0.493. The maximum absolute atomic E-state index is 5.58. The van der Waals surface area contributed by atoms with Gasteiger partial charge >= 0.3 is 0 Å². The smallest absolute Gasteiger partial charge is 0.214 e. The second-order valence-electron chi connectivity index (χ2n) is 6.13. The first-order valence-corrected chi connectivity index (χ1v) is 8.52. The van der Waals surface area contributed by atoms with Gasteiger partial charge in [0.05, 0.1) is 12.2 Å². The molecule has 0 aliphatic rings. The number of fused-ring (bicyclic) bond motifs is 1. The first-order chi connectivity index (χ1) is 12.1. The fourth-order valence-electron chi connectivity index (χ4n) is 2.96. The van der Waals surface area contributed by atoms with Crippen LogP contribution in [0.15, 0.2) is 33.7 Å². The number of guanidine groups is 1. The molecule has 0 amide bonds. The molecule has 3 N–H and O–H groups in total. The molecular weight excluding hydrogens is 314 g/mol. The summed E-state index contributed by atoms with van der Waals surface area (Å²) in [5.74, 6) is 2.27. The lowest BCUT2D eigenvalue weighted by Crippen LogP contribution is -2.38. The third-order valence-electron chi connectivity index (χ3n) is 4.40. The van der Waals surface area contributed by atoms with Crippen molar-refractivity contribution < 1.29 is 4.42 Å². The minimum absolute atomic E-state index is 0.514. The van der Waals surface area contributed by atoms with Crippen LogP contribution in [-0.2, 0) is 13.0 Å². The summed E-state index contributed by atoms with van der Waals surface area (Å²) in [5.41, 5.74) is 4.68. The minimum atomic E-state index is 0.514. The molecule has 0 aliphatic carbocycles. The largest absolute Gasteiger partial charge is 0.444 e. The average molecular weight is 339 g/mol. The number of oxazole rings is 1. The molecule has 0 bridgehead atoms. The van der Waals surface area contributed by atoms with Crippen LogP contribution in [0.5, 0.6) is 0 Å². The van der Waals surface area contributed by atoms with Crippen LogP contribution in [0, 0.1) is 20.8 Å². The molecule has 0 radical (unpaired) electrons. The number of nitrogens with zero attached hydrogens (tertiary/aromatic N) is 2. The topological polar surface area (TPSA) is 78.2 Å². The van der Waals surface area contributed by atoms with E-state index >= 15 is 0 Å². The van der Waals surface area contributed by atoms with E-state index < -0.39 is 0 Å². The van der Waals surface area contributed by atoms with E-state index in [9.17, 15) is 0 Å². The molecule has 132 valence electrons. The summed E-state index contributed by atoms with van der Waals surface area (Å²) in [5, 5.41) is 7.87. The molecule has 2 heterocycles. The Morgan fingerprint density at radius 3 is 2.72 bits per heavy atom. The van der Waals surface area contributed by atoms with Crippen LogP contribution < -0.4 is 10.6 Å². The molecule has 3 rings (SSSR count). The number of hydrogen-bond donors (Lipinski definition) is 3. The van der Waals surface area contributed by atoms with Gasteiger partial charge in [0.25, 0.3) is 0 Å². The van der Waals surface area contributed by atoms with Gasteiger partial charge in [-0.2, -0.15) is 0 Å². The number of hydrogen-bond acceptors (Lipinski definition) is 3. The average Bonchev–Trinajstić information content (AvgIpc) is 3.09. The normalized spacial score (nSPS) is 11.9. The van der Waals surface area contributed by atoms with Crippen molar-refractivity contribution in [2.24, 2.45) is 4.99 Å². The van der Waals surface area contributed by atoms with Gasteiger partial charge in [-0.15, -0.1) is 0 Å². The molecule has 1 aromatic carbocycles. The van der Waals surface area contributed by atoms with Crippen LogP contribution in [0.25, 0.3) is 10.9 Å². The molecule has 6 nitrogen and oxygen atoms in total. The SMILES string of the molecule is CN=C(NCCc1c(C)[nH]c2ccccc12)NCc1nc(C)c(C)o1. The molecule has 0 spiro atoms. The van der Waals surface area contributed by atoms with Gasteiger partial charge in [-0.25, -0.2) is 4.98 Å². The van der Waals surface area contributed by atoms with Gasteiger partial charge in [0.1, 0.15) is 5.76 Å². The fourth-order valence-corrected chi connectivity index (χ4v) is 2.96. The number of aromatic amines is 1. The zero-order chi connectivity index (χ0) is 17.8. The van der Waals surface area contributed by atoms with Crippen molar-refractivity contribution in [3.05, 3.63) is 52.9 Å². The van der Waals surface area contributed by atoms with Crippen molar-refractivity contribution in [3.63, 3.8) is 0 Å². The van der Waals surface area contributed by atoms with E-state index in [1.54, 1.807) is 7.05 Å². The number of nitrogens with one attached hydrogen (secondary N) is 3. The molecule has 6 heteroatoms. The minimum Gasteiger partial charge on any atom is -0.444 e. The van der Waals surface area contributed by atoms with Crippen molar-refractivity contribution in [2.75, 3.05) is 13.6 Å². The molecule has 0 atom stereocenters. The first-order valence-electron chi connectivity index (χ1n) is 8.52. The Labute approximate surface area is 147 Å². The van der Waals surface area contributed by atoms with Crippen molar-refractivity contribution in [3.8, 4) is 0 Å². The highest BCUT2D eigenvalue weighted by atomic mass is 16.4. The predicted molar refractivity (Wildman–Crippen MR) is 101 cm³/mol. The molecule has 2 aromatic heterocycles. The van der Waals surface area contributed by atoms with E-state index in [1.807, 2.05) is 13.8 Å². The number of aliphatic imine (C=N–C) groups is 1. The highest BCUT2D eigenvalue weighted by molar-refractivity contribution is 5.84. The van der Waals surface area contributed by atoms with Crippen molar-refractivity contribution >= 4 is 16.9 Å². The summed E-state index contributed by atoms with van der Waals surface area (Å²) in [6.45, 7) is 7.30. The fraction of sp³-hybridized carbons (Fsp3) is 0.368. The molecule has 0 fully saturated rings. The Balaban J connectivity index is 1.55. The lowest BCUT2D eigenvalue weighted by atomic mass is 10.1. The van der Waals surface area contributed by atoms with E-state index in [0.29, 0.717) is 12.4 Å². The molecule has 3 aromatic rings. The molecule has 0 aliphatic heterocycles. The van der Waals surface area contributed by atoms with Crippen LogP contribution in [0.1, 0.15) is 28.6 Å². The molecule has 0 saturated carbocycles. The number of H-pyrrole nitrogens is 1. The van der Waals surface area contributed by atoms with Crippen molar-refractivity contribution in [2.45, 2.75) is 33.7 Å². The summed E-state index contributed by atoms with van der Waals surface area (Å²) in [6, 6.07) is 8.40. The summed E-state index contributed by atoms with van der Waals surface area (Å²) < 4.78 is 5.58. The van der Waals surface area contributed by atoms with Gasteiger partial charge in [-0.1, -0.05) is 18.2 Å². The van der Waals surface area contributed by atoms with Crippen molar-refractivity contribution in [1.29, 1.82) is 0 Å². The first kappa shape index (κ1) is 17.1. The predicted octanol–water partition coefficient (Wildman–Crippen LogP) is 2.99. The third-order valence-corrected chi connectivity index (χ3v) is 4.40. The number of benzene rings is 1. The van der Waals surface area contributed by atoms with Gasteiger partial charge in [-0.05, 0) is 38.8 Å². The highest BCUT2D eigenvalue weighted by Crippen LogP contribution is 2.21. The monoisotopic (exact) mass is 339 g/mol. The summed E-state index contributed by atoms with van der Waals surface area (Å²) >= 11 is 0. The molecule has 0 saturated heterocycles. The Bertz CT molecular complexity index is 871. The number of rotatable bonds is 5. The maximum atomic E-state index is 5.58. The lowest BCUT2D eigenvalue weighted by molar-refractivity contribution is 0.464. The second-order valence-corrected chi connectivity index (χ2v) is 6.13. The number of aromatic nitrogens is 2. The Kier molecular flexibility index (Phi) is 5.07. The standard InChI is InChI=1S/C19H25N5O/c1-12-14(3)25-18(24-12)11-22-19(20-4)21-10-9-15-13(2)23-17-8-6-5-7-16(15)17/h5-8,23H,9-11H2,1-4H3,(H2,20,21,22). The summed E-state index contributed by atoms with van der Waals surface area (Å²) in [6.07, 6.45) is 0.924. The van der Waals surface area contributed by atoms with Crippen LogP contribution in [0.4, 0.5) is 0 Å². The molecule has 0 unspecified atom stereocenters. The van der Waals surface area contributed by atoms with Gasteiger partial charge in [-0.3, -0.25) is 4.99 Å². The summed E-state index contributed by atoms with van der Waals surface area (Å²) in [7, 11) is 1.76. The zero-order valence-electron chi connectivity index (χ0n) is 15.2. The van der Waals surface area contributed by atoms with Gasteiger partial charge in [0.15, 0.2) is 5.96 Å². The number of para-hydroxylation sites is 1. The Hall–Kier alpha value is -2.76. The van der Waals surface area contributed by atoms with E-state index in [1.165, 1.54) is 22.2 Å². The zero-order valence-corrected chi connectivity index (χ0v) is 15.2. The van der Waals surface area contributed by atoms with Crippen LogP contribution in [-0.4, -0.2) is 29.5 Å². The Morgan fingerprint density at radius 1 is 1.20 bits per heavy atom. The second kappa shape index (κ2) is 7.42. The lowest BCUT2D eigenvalue weighted by Gasteiger charge is -2.10. The van der Waals surface area contributed by atoms with E-state index in [4.69, 9.17) is 4.42 Å². The van der Waals surface area contributed by atoms with Crippen LogP contribution >= 0.6 is 0 Å². The van der Waals surface area contributed by atoms with E-state index in [0.717, 1.165) is 30.4 Å². The van der Waals surface area contributed by atoms with Gasteiger partial charge in [0, 0.05) is 30.2 Å². The highest BCUT2D eigenvalue weighted by Gasteiger charge is 2.09. The summed E-state index contributed by atoms with van der Waals surface area (Å²) in [4.78, 5) is 12.1. The molecular formula is C19H25N5O. The third kappa shape index (κ3) is 3.84. The van der Waals surface area contributed by atoms with Crippen LogP contribution in [0.3, 0.4) is 0 Å².